The van der Waals surface area contributed by atoms with E-state index in [4.69, 9.17) is 4.98 Å². The number of amides is 1. The molecule has 0 saturated heterocycles. The van der Waals surface area contributed by atoms with Crippen molar-refractivity contribution in [2.75, 3.05) is 30.9 Å². The number of carboxylic acids is 1. The zero-order valence-electron chi connectivity index (χ0n) is 20.9. The summed E-state index contributed by atoms with van der Waals surface area (Å²) in [6, 6.07) is 18.4. The van der Waals surface area contributed by atoms with Crippen molar-refractivity contribution in [3.8, 4) is 0 Å². The van der Waals surface area contributed by atoms with Crippen molar-refractivity contribution in [1.82, 2.24) is 14.9 Å². The minimum Gasteiger partial charge on any atom is -0.480 e. The maximum Gasteiger partial charge on any atom is 0.323 e. The van der Waals surface area contributed by atoms with Crippen LogP contribution in [-0.4, -0.2) is 58.5 Å². The van der Waals surface area contributed by atoms with E-state index in [2.05, 4.69) is 27.3 Å². The van der Waals surface area contributed by atoms with Crippen molar-refractivity contribution in [2.24, 2.45) is 0 Å². The Bertz CT molecular complexity index is 1190. The van der Waals surface area contributed by atoms with Crippen LogP contribution in [0, 0.1) is 0 Å². The van der Waals surface area contributed by atoms with E-state index in [1.165, 1.54) is 38.1 Å². The summed E-state index contributed by atoms with van der Waals surface area (Å²) in [4.78, 5) is 36.9. The number of nitrogens with zero attached hydrogens (tertiary/aromatic N) is 4. The van der Waals surface area contributed by atoms with Gasteiger partial charge in [-0.05, 0) is 36.5 Å². The van der Waals surface area contributed by atoms with Crippen LogP contribution < -0.4 is 10.2 Å². The lowest BCUT2D eigenvalue weighted by molar-refractivity contribution is -0.137. The van der Waals surface area contributed by atoms with E-state index in [-0.39, 0.29) is 5.56 Å². The van der Waals surface area contributed by atoms with E-state index in [0.29, 0.717) is 24.2 Å². The number of aromatic nitrogens is 2. The molecule has 1 fully saturated rings. The molecule has 1 aliphatic carbocycles. The van der Waals surface area contributed by atoms with Crippen LogP contribution in [0.2, 0.25) is 0 Å². The number of carbonyl (C=O) groups excluding carboxylic acids is 1. The minimum absolute atomic E-state index is 0.231. The molecule has 0 unspecified atom stereocenters. The van der Waals surface area contributed by atoms with Gasteiger partial charge in [0, 0.05) is 32.0 Å². The van der Waals surface area contributed by atoms with Crippen LogP contribution in [0.15, 0.2) is 60.8 Å². The average molecular weight is 488 g/mol. The molecule has 1 heterocycles. The molecule has 36 heavy (non-hydrogen) atoms. The van der Waals surface area contributed by atoms with Crippen LogP contribution in [0.1, 0.15) is 53.6 Å². The highest BCUT2D eigenvalue weighted by molar-refractivity contribution is 6.00. The number of para-hydroxylation sites is 1. The molecule has 0 atom stereocenters. The fraction of sp³-hybridized carbons (Fsp3) is 0.357. The number of aliphatic carboxylic acids is 1. The van der Waals surface area contributed by atoms with Gasteiger partial charge in [0.05, 0.1) is 0 Å². The van der Waals surface area contributed by atoms with Gasteiger partial charge >= 0.3 is 5.97 Å². The zero-order valence-corrected chi connectivity index (χ0v) is 20.9. The van der Waals surface area contributed by atoms with E-state index < -0.39 is 18.4 Å². The van der Waals surface area contributed by atoms with Gasteiger partial charge in [-0.2, -0.15) is 4.98 Å². The first-order valence-electron chi connectivity index (χ1n) is 12.4. The Morgan fingerprint density at radius 1 is 1.00 bits per heavy atom. The number of hydrogen-bond donors (Lipinski definition) is 2. The van der Waals surface area contributed by atoms with Crippen molar-refractivity contribution in [2.45, 2.75) is 44.6 Å². The van der Waals surface area contributed by atoms with Crippen LogP contribution in [0.25, 0.3) is 0 Å². The SMILES string of the molecule is CN(CC(=O)O)C(=O)c1cnc(N(C)C2CCCCC2)nc1Nc1ccccc1Cc1ccccc1. The van der Waals surface area contributed by atoms with Gasteiger partial charge < -0.3 is 20.2 Å². The number of benzene rings is 2. The molecular formula is C28H33N5O3. The van der Waals surface area contributed by atoms with Crippen molar-refractivity contribution in [1.29, 1.82) is 0 Å². The molecule has 0 bridgehead atoms. The molecule has 0 spiro atoms. The second-order valence-electron chi connectivity index (χ2n) is 9.33. The molecule has 8 heteroatoms. The molecule has 1 saturated carbocycles. The van der Waals surface area contributed by atoms with Gasteiger partial charge in [0.25, 0.3) is 5.91 Å². The highest BCUT2D eigenvalue weighted by Gasteiger charge is 2.24. The molecular weight excluding hydrogens is 454 g/mol. The zero-order chi connectivity index (χ0) is 25.5. The quantitative estimate of drug-likeness (QED) is 0.450. The molecule has 4 rings (SSSR count). The number of anilines is 3. The number of nitrogens with one attached hydrogen (secondary N) is 1. The Labute approximate surface area is 212 Å². The summed E-state index contributed by atoms with van der Waals surface area (Å²) >= 11 is 0. The normalized spacial score (nSPS) is 13.7. The van der Waals surface area contributed by atoms with Crippen LogP contribution in [0.5, 0.6) is 0 Å². The Morgan fingerprint density at radius 2 is 1.69 bits per heavy atom. The first-order chi connectivity index (χ1) is 17.4. The smallest absolute Gasteiger partial charge is 0.323 e. The van der Waals surface area contributed by atoms with Crippen LogP contribution >= 0.6 is 0 Å². The molecule has 1 aromatic heterocycles. The molecule has 2 aromatic carbocycles. The standard InChI is InChI=1S/C28H33N5O3/c1-32(19-25(34)35)27(36)23-18-29-28(33(2)22-14-7-4-8-15-22)31-26(23)30-24-16-10-9-13-21(24)17-20-11-5-3-6-12-20/h3,5-6,9-13,16,18,22H,4,7-8,14-15,17,19H2,1-2H3,(H,34,35)(H,29,30,31). The second-order valence-corrected chi connectivity index (χ2v) is 9.33. The fourth-order valence-corrected chi connectivity index (χ4v) is 4.65. The summed E-state index contributed by atoms with van der Waals surface area (Å²) in [7, 11) is 3.46. The van der Waals surface area contributed by atoms with Gasteiger partial charge in [0.15, 0.2) is 0 Å². The van der Waals surface area contributed by atoms with E-state index in [1.54, 1.807) is 0 Å². The predicted molar refractivity (Wildman–Crippen MR) is 141 cm³/mol. The third-order valence-corrected chi connectivity index (χ3v) is 6.67. The van der Waals surface area contributed by atoms with E-state index in [1.807, 2.05) is 49.5 Å². The number of carbonyl (C=O) groups is 2. The van der Waals surface area contributed by atoms with Crippen LogP contribution in [0.4, 0.5) is 17.5 Å². The number of hydrogen-bond acceptors (Lipinski definition) is 6. The largest absolute Gasteiger partial charge is 0.480 e. The number of carboxylic acid groups (broad SMARTS) is 1. The van der Waals surface area contributed by atoms with Gasteiger partial charge in [-0.3, -0.25) is 9.59 Å². The van der Waals surface area contributed by atoms with E-state index in [0.717, 1.165) is 29.0 Å². The highest BCUT2D eigenvalue weighted by atomic mass is 16.4. The summed E-state index contributed by atoms with van der Waals surface area (Å²) in [6.45, 7) is -0.410. The summed E-state index contributed by atoms with van der Waals surface area (Å²) < 4.78 is 0. The molecule has 0 aliphatic heterocycles. The second kappa shape index (κ2) is 11.7. The third-order valence-electron chi connectivity index (χ3n) is 6.67. The predicted octanol–water partition coefficient (Wildman–Crippen LogP) is 4.74. The Morgan fingerprint density at radius 3 is 2.42 bits per heavy atom. The van der Waals surface area contributed by atoms with Gasteiger partial charge in [-0.1, -0.05) is 67.8 Å². The van der Waals surface area contributed by atoms with Crippen LogP contribution in [0.3, 0.4) is 0 Å². The molecule has 188 valence electrons. The maximum absolute atomic E-state index is 13.2. The molecule has 3 aromatic rings. The Hall–Kier alpha value is -3.94. The first kappa shape index (κ1) is 25.2. The lowest BCUT2D eigenvalue weighted by Gasteiger charge is -2.31. The van der Waals surface area contributed by atoms with Crippen molar-refractivity contribution < 1.29 is 14.7 Å². The van der Waals surface area contributed by atoms with Gasteiger partial charge in [0.2, 0.25) is 5.95 Å². The fourth-order valence-electron chi connectivity index (χ4n) is 4.65. The molecule has 0 radical (unpaired) electrons. The lowest BCUT2D eigenvalue weighted by Crippen LogP contribution is -2.35. The highest BCUT2D eigenvalue weighted by Crippen LogP contribution is 2.28. The maximum atomic E-state index is 13.2. The average Bonchev–Trinajstić information content (AvgIpc) is 2.89. The summed E-state index contributed by atoms with van der Waals surface area (Å²) in [6.07, 6.45) is 8.01. The number of rotatable bonds is 9. The number of likely N-dealkylation sites (N-methyl/N-ethyl adjacent to an activating group) is 1. The van der Waals surface area contributed by atoms with E-state index in [9.17, 15) is 14.7 Å². The molecule has 1 amide bonds. The topological polar surface area (TPSA) is 98.7 Å². The monoisotopic (exact) mass is 487 g/mol. The summed E-state index contributed by atoms with van der Waals surface area (Å²) in [5.74, 6) is -0.622. The Kier molecular flexibility index (Phi) is 8.15. The van der Waals surface area contributed by atoms with Crippen LogP contribution in [-0.2, 0) is 11.2 Å². The summed E-state index contributed by atoms with van der Waals surface area (Å²) in [5.41, 5.74) is 3.29. The third kappa shape index (κ3) is 6.19. The van der Waals surface area contributed by atoms with E-state index >= 15 is 0 Å². The lowest BCUT2D eigenvalue weighted by atomic mass is 9.95. The van der Waals surface area contributed by atoms with Crippen molar-refractivity contribution >= 4 is 29.3 Å². The van der Waals surface area contributed by atoms with Crippen molar-refractivity contribution in [3.63, 3.8) is 0 Å². The van der Waals surface area contributed by atoms with Crippen molar-refractivity contribution in [3.05, 3.63) is 77.5 Å². The minimum atomic E-state index is -1.08. The molecule has 1 aliphatic rings. The van der Waals surface area contributed by atoms with Gasteiger partial charge in [0.1, 0.15) is 17.9 Å². The summed E-state index contributed by atoms with van der Waals surface area (Å²) in [5, 5.41) is 12.6. The molecule has 8 nitrogen and oxygen atoms in total. The molecule has 2 N–H and O–H groups in total. The van der Waals surface area contributed by atoms with Gasteiger partial charge in [-0.15, -0.1) is 0 Å². The first-order valence-corrected chi connectivity index (χ1v) is 12.4. The Balaban J connectivity index is 1.68. The van der Waals surface area contributed by atoms with Gasteiger partial charge in [-0.25, -0.2) is 4.98 Å².